The molecule has 0 spiro atoms. The molecule has 0 aliphatic carbocycles. The molecule has 4 heteroatoms. The van der Waals surface area contributed by atoms with Crippen molar-refractivity contribution in [2.45, 2.75) is 25.8 Å². The van der Waals surface area contributed by atoms with E-state index in [0.717, 1.165) is 16.6 Å². The minimum atomic E-state index is -0.195. The second-order valence-corrected chi connectivity index (χ2v) is 5.45. The smallest absolute Gasteiger partial charge is 0.227 e. The van der Waals surface area contributed by atoms with Crippen molar-refractivity contribution in [3.8, 4) is 5.75 Å². The molecule has 0 saturated carbocycles. The second kappa shape index (κ2) is 6.23. The van der Waals surface area contributed by atoms with Crippen molar-refractivity contribution in [2.75, 3.05) is 19.5 Å². The van der Waals surface area contributed by atoms with Gasteiger partial charge >= 0.3 is 0 Å². The van der Waals surface area contributed by atoms with Gasteiger partial charge in [0.2, 0.25) is 5.91 Å². The molecule has 0 aliphatic rings. The molecule has 1 aromatic carbocycles. The maximum absolute atomic E-state index is 12.2. The fraction of sp³-hybridized carbons (Fsp3) is 0.500. The van der Waals surface area contributed by atoms with Crippen LogP contribution < -0.4 is 4.74 Å². The Balaban J connectivity index is 2.82. The molecule has 3 nitrogen and oxygen atoms in total. The fourth-order valence-electron chi connectivity index (χ4n) is 1.56. The van der Waals surface area contributed by atoms with Crippen LogP contribution in [0, 0.1) is 0 Å². The third-order valence-electron chi connectivity index (χ3n) is 3.14. The number of rotatable bonds is 5. The first-order valence-corrected chi connectivity index (χ1v) is 6.99. The molecule has 1 aromatic rings. The topological polar surface area (TPSA) is 29.5 Å². The Hall–Kier alpha value is -1.03. The van der Waals surface area contributed by atoms with Crippen LogP contribution in [0.5, 0.6) is 5.75 Å². The summed E-state index contributed by atoms with van der Waals surface area (Å²) in [6, 6.07) is 7.61. The van der Waals surface area contributed by atoms with Gasteiger partial charge in [-0.05, 0) is 19.9 Å². The molecule has 100 valence electrons. The van der Waals surface area contributed by atoms with Crippen LogP contribution in [0.4, 0.5) is 0 Å². The van der Waals surface area contributed by atoms with Crippen LogP contribution in [0.15, 0.2) is 24.3 Å². The highest BCUT2D eigenvalue weighted by Gasteiger charge is 2.26. The minimum Gasteiger partial charge on any atom is -0.496 e. The first-order valence-electron chi connectivity index (χ1n) is 5.87. The lowest BCUT2D eigenvalue weighted by Crippen LogP contribution is -2.46. The number of carbonyl (C=O) groups is 1. The number of nitrogens with zero attached hydrogens (tertiary/aromatic N) is 1. The maximum Gasteiger partial charge on any atom is 0.227 e. The van der Waals surface area contributed by atoms with Gasteiger partial charge in [-0.2, -0.15) is 0 Å². The number of ether oxygens (including phenoxy) is 1. The summed E-state index contributed by atoms with van der Waals surface area (Å²) in [7, 11) is 3.45. The van der Waals surface area contributed by atoms with Crippen LogP contribution in [0.2, 0.25) is 0 Å². The Morgan fingerprint density at radius 2 is 2.00 bits per heavy atom. The Bertz CT molecular complexity index is 418. The molecule has 0 bridgehead atoms. The molecule has 0 fully saturated rings. The normalized spacial score (nSPS) is 11.2. The average molecular weight is 314 g/mol. The van der Waals surface area contributed by atoms with Crippen LogP contribution in [-0.4, -0.2) is 35.8 Å². The highest BCUT2D eigenvalue weighted by Crippen LogP contribution is 2.21. The van der Waals surface area contributed by atoms with E-state index in [9.17, 15) is 4.79 Å². The molecule has 1 amide bonds. The van der Waals surface area contributed by atoms with Gasteiger partial charge in [0.15, 0.2) is 0 Å². The summed E-state index contributed by atoms with van der Waals surface area (Å²) >= 11 is 3.43. The molecule has 1 rings (SSSR count). The van der Waals surface area contributed by atoms with Gasteiger partial charge in [-0.3, -0.25) is 4.79 Å². The molecule has 0 N–H and O–H groups in total. The average Bonchev–Trinajstić information content (AvgIpc) is 2.38. The van der Waals surface area contributed by atoms with Gasteiger partial charge in [-0.1, -0.05) is 34.1 Å². The van der Waals surface area contributed by atoms with Crippen LogP contribution in [0.25, 0.3) is 0 Å². The lowest BCUT2D eigenvalue weighted by atomic mass is 10.0. The zero-order valence-corrected chi connectivity index (χ0v) is 13.0. The predicted molar refractivity (Wildman–Crippen MR) is 77.3 cm³/mol. The first kappa shape index (κ1) is 15.0. The number of halogens is 1. The summed E-state index contributed by atoms with van der Waals surface area (Å²) in [6.45, 7) is 4.06. The van der Waals surface area contributed by atoms with Gasteiger partial charge in [0.1, 0.15) is 5.75 Å². The van der Waals surface area contributed by atoms with Crippen molar-refractivity contribution in [1.82, 2.24) is 4.90 Å². The molecule has 0 saturated heterocycles. The van der Waals surface area contributed by atoms with Gasteiger partial charge in [0.05, 0.1) is 13.5 Å². The fourth-order valence-corrected chi connectivity index (χ4v) is 1.93. The zero-order valence-electron chi connectivity index (χ0n) is 11.4. The number of likely N-dealkylation sites (N-methyl/N-ethyl adjacent to an activating group) is 1. The molecule has 0 aromatic heterocycles. The maximum atomic E-state index is 12.2. The molecular formula is C14H20BrNO2. The second-order valence-electron chi connectivity index (χ2n) is 4.89. The van der Waals surface area contributed by atoms with Gasteiger partial charge in [0.25, 0.3) is 0 Å². The van der Waals surface area contributed by atoms with E-state index in [1.807, 2.05) is 45.2 Å². The number of hydrogen-bond acceptors (Lipinski definition) is 2. The van der Waals surface area contributed by atoms with Crippen LogP contribution in [-0.2, 0) is 11.2 Å². The van der Waals surface area contributed by atoms with Gasteiger partial charge in [-0.25, -0.2) is 0 Å². The monoisotopic (exact) mass is 313 g/mol. The number of para-hydroxylation sites is 1. The summed E-state index contributed by atoms with van der Waals surface area (Å²) in [6.07, 6.45) is 0.358. The SMILES string of the molecule is COc1ccccc1CC(=O)N(C)C(C)(C)CBr. The Kier molecular flexibility index (Phi) is 5.20. The van der Waals surface area contributed by atoms with E-state index in [-0.39, 0.29) is 11.4 Å². The standard InChI is InChI=1S/C14H20BrNO2/c1-14(2,10-15)16(3)13(17)9-11-7-5-6-8-12(11)18-4/h5-8H,9-10H2,1-4H3. The molecule has 0 atom stereocenters. The van der Waals surface area contributed by atoms with Crippen LogP contribution in [0.3, 0.4) is 0 Å². The number of benzene rings is 1. The van der Waals surface area contributed by atoms with Crippen molar-refractivity contribution >= 4 is 21.8 Å². The summed E-state index contributed by atoms with van der Waals surface area (Å²) in [5.74, 6) is 0.847. The van der Waals surface area contributed by atoms with Crippen molar-refractivity contribution in [3.63, 3.8) is 0 Å². The van der Waals surface area contributed by atoms with E-state index in [1.165, 1.54) is 0 Å². The van der Waals surface area contributed by atoms with Crippen LogP contribution >= 0.6 is 15.9 Å². The Morgan fingerprint density at radius 1 is 1.39 bits per heavy atom. The number of methoxy groups -OCH3 is 1. The highest BCUT2D eigenvalue weighted by molar-refractivity contribution is 9.09. The van der Waals surface area contributed by atoms with Crippen LogP contribution in [0.1, 0.15) is 19.4 Å². The van der Waals surface area contributed by atoms with E-state index < -0.39 is 0 Å². The lowest BCUT2D eigenvalue weighted by Gasteiger charge is -2.34. The first-order chi connectivity index (χ1) is 8.42. The lowest BCUT2D eigenvalue weighted by molar-refractivity contribution is -0.133. The third-order valence-corrected chi connectivity index (χ3v) is 4.52. The minimum absolute atomic E-state index is 0.0870. The van der Waals surface area contributed by atoms with E-state index in [1.54, 1.807) is 12.0 Å². The summed E-state index contributed by atoms with van der Waals surface area (Å²) in [5, 5.41) is 0.744. The van der Waals surface area contributed by atoms with E-state index >= 15 is 0 Å². The van der Waals surface area contributed by atoms with Gasteiger partial charge < -0.3 is 9.64 Å². The van der Waals surface area contributed by atoms with Crippen molar-refractivity contribution in [2.24, 2.45) is 0 Å². The molecule has 0 aliphatic heterocycles. The molecule has 0 radical (unpaired) electrons. The molecule has 0 heterocycles. The van der Waals surface area contributed by atoms with Crippen molar-refractivity contribution in [3.05, 3.63) is 29.8 Å². The van der Waals surface area contributed by atoms with E-state index in [0.29, 0.717) is 6.42 Å². The van der Waals surface area contributed by atoms with E-state index in [2.05, 4.69) is 15.9 Å². The van der Waals surface area contributed by atoms with Crippen molar-refractivity contribution < 1.29 is 9.53 Å². The zero-order chi connectivity index (χ0) is 13.8. The van der Waals surface area contributed by atoms with Gasteiger partial charge in [0, 0.05) is 23.5 Å². The quantitative estimate of drug-likeness (QED) is 0.782. The van der Waals surface area contributed by atoms with Gasteiger partial charge in [-0.15, -0.1) is 0 Å². The Morgan fingerprint density at radius 3 is 2.56 bits per heavy atom. The van der Waals surface area contributed by atoms with E-state index in [4.69, 9.17) is 4.74 Å². The number of carbonyl (C=O) groups excluding carboxylic acids is 1. The highest BCUT2D eigenvalue weighted by atomic mass is 79.9. The largest absolute Gasteiger partial charge is 0.496 e. The summed E-state index contributed by atoms with van der Waals surface area (Å²) in [5.41, 5.74) is 0.723. The summed E-state index contributed by atoms with van der Waals surface area (Å²) < 4.78 is 5.26. The molecule has 0 unspecified atom stereocenters. The molecular weight excluding hydrogens is 294 g/mol. The summed E-state index contributed by atoms with van der Waals surface area (Å²) in [4.78, 5) is 14.0. The third kappa shape index (κ3) is 3.48. The molecule has 18 heavy (non-hydrogen) atoms. The Labute approximate surface area is 117 Å². The number of hydrogen-bond donors (Lipinski definition) is 0. The number of alkyl halides is 1. The predicted octanol–water partition coefficient (Wildman–Crippen LogP) is 2.87. The van der Waals surface area contributed by atoms with Crippen molar-refractivity contribution in [1.29, 1.82) is 0 Å². The number of amides is 1.